The van der Waals surface area contributed by atoms with Gasteiger partial charge in [0.25, 0.3) is 11.8 Å². The Labute approximate surface area is 160 Å². The minimum atomic E-state index is -1.09. The number of ether oxygens (including phenoxy) is 1. The molecule has 6 nitrogen and oxygen atoms in total. The van der Waals surface area contributed by atoms with E-state index in [1.807, 2.05) is 0 Å². The normalized spacial score (nSPS) is 11.3. The Kier molecular flexibility index (Phi) is 7.00. The van der Waals surface area contributed by atoms with E-state index in [-0.39, 0.29) is 6.42 Å². The van der Waals surface area contributed by atoms with Gasteiger partial charge in [-0.05, 0) is 36.8 Å². The van der Waals surface area contributed by atoms with E-state index in [0.29, 0.717) is 21.2 Å². The molecule has 0 saturated carbocycles. The number of hydrogen-bond acceptors (Lipinski definition) is 4. The zero-order chi connectivity index (χ0) is 19.1. The molecule has 2 aromatic rings. The number of carbonyl (C=O) groups is 3. The summed E-state index contributed by atoms with van der Waals surface area (Å²) in [6.45, 7) is 1.39. The lowest BCUT2D eigenvalue weighted by Gasteiger charge is -2.14. The van der Waals surface area contributed by atoms with Crippen molar-refractivity contribution in [1.82, 2.24) is 10.9 Å². The van der Waals surface area contributed by atoms with Crippen LogP contribution in [0.25, 0.3) is 0 Å². The topological polar surface area (TPSA) is 84.5 Å². The number of halogens is 2. The fourth-order valence-corrected chi connectivity index (χ4v) is 2.47. The van der Waals surface area contributed by atoms with Gasteiger partial charge in [0, 0.05) is 15.6 Å². The van der Waals surface area contributed by atoms with E-state index in [0.717, 1.165) is 0 Å². The predicted octanol–water partition coefficient (Wildman–Crippen LogP) is 2.93. The van der Waals surface area contributed by atoms with Crippen LogP contribution in [-0.4, -0.2) is 23.9 Å². The Morgan fingerprint density at radius 1 is 1.04 bits per heavy atom. The quantitative estimate of drug-likeness (QED) is 0.602. The van der Waals surface area contributed by atoms with Gasteiger partial charge in [0.2, 0.25) is 0 Å². The Morgan fingerprint density at radius 3 is 2.38 bits per heavy atom. The summed E-state index contributed by atoms with van der Waals surface area (Å²) >= 11 is 11.8. The summed E-state index contributed by atoms with van der Waals surface area (Å²) in [5.41, 5.74) is 5.38. The first-order valence-electron chi connectivity index (χ1n) is 7.65. The molecule has 2 aromatic carbocycles. The molecule has 0 saturated heterocycles. The minimum Gasteiger partial charge on any atom is -0.452 e. The van der Waals surface area contributed by atoms with Gasteiger partial charge in [0.1, 0.15) is 0 Å². The van der Waals surface area contributed by atoms with Gasteiger partial charge in [-0.15, -0.1) is 0 Å². The minimum absolute atomic E-state index is 0.107. The molecule has 0 aromatic heterocycles. The molecule has 1 atom stereocenters. The maximum atomic E-state index is 11.9. The molecule has 0 bridgehead atoms. The van der Waals surface area contributed by atoms with Crippen LogP contribution in [-0.2, 0) is 20.7 Å². The lowest BCUT2D eigenvalue weighted by molar-refractivity contribution is -0.154. The molecule has 2 N–H and O–H groups in total. The number of rotatable bonds is 5. The van der Waals surface area contributed by atoms with Gasteiger partial charge >= 0.3 is 5.97 Å². The third kappa shape index (κ3) is 5.75. The van der Waals surface area contributed by atoms with Crippen molar-refractivity contribution in [3.05, 3.63) is 69.7 Å². The molecule has 2 amide bonds. The van der Waals surface area contributed by atoms with Gasteiger partial charge in [-0.3, -0.25) is 25.2 Å². The summed E-state index contributed by atoms with van der Waals surface area (Å²) < 4.78 is 5.05. The molecule has 2 rings (SSSR count). The number of benzene rings is 2. The van der Waals surface area contributed by atoms with Crippen LogP contribution in [0.3, 0.4) is 0 Å². The van der Waals surface area contributed by atoms with Crippen LogP contribution in [0, 0.1) is 0 Å². The summed E-state index contributed by atoms with van der Waals surface area (Å²) in [6, 6.07) is 13.1. The number of esters is 1. The zero-order valence-corrected chi connectivity index (χ0v) is 15.3. The van der Waals surface area contributed by atoms with Crippen molar-refractivity contribution in [2.24, 2.45) is 0 Å². The van der Waals surface area contributed by atoms with E-state index in [1.54, 1.807) is 42.5 Å². The van der Waals surface area contributed by atoms with Crippen LogP contribution in [0.4, 0.5) is 0 Å². The number of hydrogen-bond donors (Lipinski definition) is 2. The first-order valence-corrected chi connectivity index (χ1v) is 8.41. The highest BCUT2D eigenvalue weighted by atomic mass is 35.5. The number of amides is 2. The van der Waals surface area contributed by atoms with Crippen molar-refractivity contribution < 1.29 is 19.1 Å². The van der Waals surface area contributed by atoms with Gasteiger partial charge in [-0.2, -0.15) is 0 Å². The molecule has 8 heteroatoms. The second kappa shape index (κ2) is 9.22. The summed E-state index contributed by atoms with van der Waals surface area (Å²) in [7, 11) is 0. The fourth-order valence-electron chi connectivity index (χ4n) is 1.99. The average molecular weight is 395 g/mol. The maximum absolute atomic E-state index is 11.9. The van der Waals surface area contributed by atoms with Gasteiger partial charge in [0.05, 0.1) is 6.42 Å². The van der Waals surface area contributed by atoms with Crippen LogP contribution in [0.15, 0.2) is 48.5 Å². The van der Waals surface area contributed by atoms with Crippen molar-refractivity contribution in [3.8, 4) is 0 Å². The molecule has 0 unspecified atom stereocenters. The van der Waals surface area contributed by atoms with E-state index in [9.17, 15) is 14.4 Å². The lowest BCUT2D eigenvalue weighted by atomic mass is 10.1. The summed E-state index contributed by atoms with van der Waals surface area (Å²) in [6.07, 6.45) is -1.20. The smallest absolute Gasteiger partial charge is 0.311 e. The second-order valence-corrected chi connectivity index (χ2v) is 6.20. The van der Waals surface area contributed by atoms with Gasteiger partial charge in [-0.1, -0.05) is 47.5 Å². The van der Waals surface area contributed by atoms with Gasteiger partial charge in [0.15, 0.2) is 6.10 Å². The highest BCUT2D eigenvalue weighted by molar-refractivity contribution is 6.35. The highest BCUT2D eigenvalue weighted by Crippen LogP contribution is 2.21. The highest BCUT2D eigenvalue weighted by Gasteiger charge is 2.19. The van der Waals surface area contributed by atoms with Crippen LogP contribution < -0.4 is 10.9 Å². The lowest BCUT2D eigenvalue weighted by Crippen LogP contribution is -2.46. The fraction of sp³-hybridized carbons (Fsp3) is 0.167. The monoisotopic (exact) mass is 394 g/mol. The molecule has 136 valence electrons. The molecule has 0 aliphatic carbocycles. The number of hydrazine groups is 1. The maximum Gasteiger partial charge on any atom is 0.311 e. The molecular formula is C18H16Cl2N2O4. The Balaban J connectivity index is 1.82. The Morgan fingerprint density at radius 2 is 1.73 bits per heavy atom. The zero-order valence-electron chi connectivity index (χ0n) is 13.8. The van der Waals surface area contributed by atoms with E-state index in [2.05, 4.69) is 10.9 Å². The molecule has 0 aliphatic rings. The summed E-state index contributed by atoms with van der Waals surface area (Å²) in [5.74, 6) is -1.78. The van der Waals surface area contributed by atoms with E-state index in [4.69, 9.17) is 27.9 Å². The molecule has 0 fully saturated rings. The first-order chi connectivity index (χ1) is 12.4. The van der Waals surface area contributed by atoms with Crippen molar-refractivity contribution in [3.63, 3.8) is 0 Å². The number of carbonyl (C=O) groups excluding carboxylic acids is 3. The average Bonchev–Trinajstić information content (AvgIpc) is 2.62. The third-order valence-corrected chi connectivity index (χ3v) is 3.95. The van der Waals surface area contributed by atoms with Crippen molar-refractivity contribution in [2.75, 3.05) is 0 Å². The molecule has 0 spiro atoms. The van der Waals surface area contributed by atoms with Crippen molar-refractivity contribution in [2.45, 2.75) is 19.4 Å². The number of nitrogens with one attached hydrogen (secondary N) is 2. The third-order valence-electron chi connectivity index (χ3n) is 3.36. The SMILES string of the molecule is C[C@H](OC(=O)Cc1ccc(Cl)cc1Cl)C(=O)NNC(=O)c1ccccc1. The van der Waals surface area contributed by atoms with E-state index >= 15 is 0 Å². The van der Waals surface area contributed by atoms with Crippen LogP contribution in [0.5, 0.6) is 0 Å². The Hall–Kier alpha value is -2.57. The van der Waals surface area contributed by atoms with Gasteiger partial charge < -0.3 is 4.74 Å². The molecule has 0 radical (unpaired) electrons. The van der Waals surface area contributed by atoms with Crippen LogP contribution in [0.2, 0.25) is 10.0 Å². The predicted molar refractivity (Wildman–Crippen MR) is 97.8 cm³/mol. The first kappa shape index (κ1) is 19.8. The van der Waals surface area contributed by atoms with Crippen molar-refractivity contribution in [1.29, 1.82) is 0 Å². The largest absolute Gasteiger partial charge is 0.452 e. The van der Waals surface area contributed by atoms with E-state index in [1.165, 1.54) is 13.0 Å². The molecular weight excluding hydrogens is 379 g/mol. The molecule has 0 heterocycles. The van der Waals surface area contributed by atoms with Crippen LogP contribution in [0.1, 0.15) is 22.8 Å². The van der Waals surface area contributed by atoms with E-state index < -0.39 is 23.9 Å². The molecule has 0 aliphatic heterocycles. The van der Waals surface area contributed by atoms with Gasteiger partial charge in [-0.25, -0.2) is 0 Å². The standard InChI is InChI=1S/C18H16Cl2N2O4/c1-11(17(24)21-22-18(25)12-5-3-2-4-6-12)26-16(23)9-13-7-8-14(19)10-15(13)20/h2-8,10-11H,9H2,1H3,(H,21,24)(H,22,25)/t11-/m0/s1. The Bertz CT molecular complexity index is 812. The molecule has 26 heavy (non-hydrogen) atoms. The summed E-state index contributed by atoms with van der Waals surface area (Å²) in [4.78, 5) is 35.7. The van der Waals surface area contributed by atoms with Crippen LogP contribution >= 0.6 is 23.2 Å². The summed E-state index contributed by atoms with van der Waals surface area (Å²) in [5, 5.41) is 0.788. The second-order valence-electron chi connectivity index (χ2n) is 5.35. The van der Waals surface area contributed by atoms with Crippen molar-refractivity contribution >= 4 is 41.0 Å².